The van der Waals surface area contributed by atoms with Gasteiger partial charge in [0.15, 0.2) is 17.3 Å². The van der Waals surface area contributed by atoms with Crippen LogP contribution in [-0.4, -0.2) is 23.8 Å². The van der Waals surface area contributed by atoms with Gasteiger partial charge in [0, 0.05) is 17.7 Å². The van der Waals surface area contributed by atoms with Gasteiger partial charge in [0.25, 0.3) is 5.69 Å². The van der Waals surface area contributed by atoms with Crippen molar-refractivity contribution in [1.82, 2.24) is 0 Å². The minimum atomic E-state index is -0.750. The number of ether oxygens (including phenoxy) is 2. The maximum Gasteiger partial charge on any atom is 0.343 e. The first-order valence-corrected chi connectivity index (χ1v) is 8.90. The van der Waals surface area contributed by atoms with E-state index < -0.39 is 10.9 Å². The summed E-state index contributed by atoms with van der Waals surface area (Å²) in [5.41, 5.74) is 1.08. The van der Waals surface area contributed by atoms with Crippen LogP contribution in [0.2, 0.25) is 0 Å². The van der Waals surface area contributed by atoms with E-state index in [1.54, 1.807) is 42.5 Å². The molecule has 0 aliphatic carbocycles. The molecule has 3 rings (SSSR count). The molecule has 0 atom stereocenters. The lowest BCUT2D eigenvalue weighted by molar-refractivity contribution is -0.384. The maximum atomic E-state index is 12.4. The predicted molar refractivity (Wildman–Crippen MR) is 111 cm³/mol. The van der Waals surface area contributed by atoms with Crippen molar-refractivity contribution in [3.63, 3.8) is 0 Å². The first kappa shape index (κ1) is 20.5. The lowest BCUT2D eigenvalue weighted by Crippen LogP contribution is -2.09. The largest absolute Gasteiger partial charge is 0.493 e. The van der Waals surface area contributed by atoms with Gasteiger partial charge in [-0.15, -0.1) is 0 Å². The number of hydrogen-bond acceptors (Lipinski definition) is 6. The first-order valence-electron chi connectivity index (χ1n) is 8.90. The molecular weight excluding hydrogens is 386 g/mol. The van der Waals surface area contributed by atoms with Crippen LogP contribution in [0.25, 0.3) is 6.08 Å². The fourth-order valence-corrected chi connectivity index (χ4v) is 2.65. The molecule has 7 heteroatoms. The van der Waals surface area contributed by atoms with Crippen molar-refractivity contribution in [3.05, 3.63) is 106 Å². The zero-order chi connectivity index (χ0) is 21.5. The molecule has 0 unspecified atom stereocenters. The number of nitrogens with zero attached hydrogens (tertiary/aromatic N) is 1. The molecule has 0 aromatic heterocycles. The summed E-state index contributed by atoms with van der Waals surface area (Å²) in [6, 6.07) is 18.9. The fourth-order valence-electron chi connectivity index (χ4n) is 2.65. The van der Waals surface area contributed by atoms with E-state index in [0.717, 1.165) is 6.07 Å². The van der Waals surface area contributed by atoms with Gasteiger partial charge in [0.1, 0.15) is 0 Å². The number of methoxy groups -OCH3 is 1. The summed E-state index contributed by atoms with van der Waals surface area (Å²) in [5.74, 6) is -0.459. The van der Waals surface area contributed by atoms with Crippen LogP contribution in [0, 0.1) is 10.1 Å². The van der Waals surface area contributed by atoms with Crippen molar-refractivity contribution >= 4 is 23.5 Å². The second-order valence-corrected chi connectivity index (χ2v) is 6.17. The summed E-state index contributed by atoms with van der Waals surface area (Å²) in [7, 11) is 1.42. The molecule has 3 aromatic rings. The Hall–Kier alpha value is -4.26. The number of nitro benzene ring substituents is 1. The van der Waals surface area contributed by atoms with Crippen LogP contribution < -0.4 is 9.47 Å². The highest BCUT2D eigenvalue weighted by molar-refractivity contribution is 6.06. The van der Waals surface area contributed by atoms with Crippen LogP contribution >= 0.6 is 0 Å². The van der Waals surface area contributed by atoms with E-state index in [-0.39, 0.29) is 28.5 Å². The lowest BCUT2D eigenvalue weighted by Gasteiger charge is -2.10. The summed E-state index contributed by atoms with van der Waals surface area (Å²) >= 11 is 0. The van der Waals surface area contributed by atoms with Gasteiger partial charge in [0.2, 0.25) is 0 Å². The van der Waals surface area contributed by atoms with E-state index in [4.69, 9.17) is 9.47 Å². The van der Waals surface area contributed by atoms with Gasteiger partial charge in [-0.25, -0.2) is 4.79 Å². The molecule has 0 bridgehead atoms. The number of allylic oxidation sites excluding steroid dienone is 1. The average Bonchev–Trinajstić information content (AvgIpc) is 2.78. The number of hydrogen-bond donors (Lipinski definition) is 0. The van der Waals surface area contributed by atoms with Crippen molar-refractivity contribution in [3.8, 4) is 11.5 Å². The van der Waals surface area contributed by atoms with Crippen LogP contribution in [0.3, 0.4) is 0 Å². The third kappa shape index (κ3) is 4.96. The van der Waals surface area contributed by atoms with Gasteiger partial charge in [-0.2, -0.15) is 0 Å². The normalized spacial score (nSPS) is 10.6. The average molecular weight is 403 g/mol. The molecule has 0 saturated carbocycles. The van der Waals surface area contributed by atoms with E-state index in [0.29, 0.717) is 11.1 Å². The zero-order valence-electron chi connectivity index (χ0n) is 16.0. The minimum absolute atomic E-state index is 0.0451. The van der Waals surface area contributed by atoms with Crippen LogP contribution in [0.15, 0.2) is 78.9 Å². The second kappa shape index (κ2) is 9.29. The van der Waals surface area contributed by atoms with Gasteiger partial charge in [-0.1, -0.05) is 48.5 Å². The molecule has 0 spiro atoms. The molecule has 0 saturated heterocycles. The SMILES string of the molecule is COc1cc(C=CC(=O)c2ccccc2)ccc1OC(=O)c1cccc([N+](=O)[O-])c1. The minimum Gasteiger partial charge on any atom is -0.493 e. The standard InChI is InChI=1S/C23H17NO6/c1-29-22-14-16(10-12-20(25)17-6-3-2-4-7-17)11-13-21(22)30-23(26)18-8-5-9-19(15-18)24(27)28/h2-15H,1H3. The number of benzene rings is 3. The summed E-state index contributed by atoms with van der Waals surface area (Å²) in [6.45, 7) is 0. The second-order valence-electron chi connectivity index (χ2n) is 6.17. The Balaban J connectivity index is 1.76. The van der Waals surface area contributed by atoms with Gasteiger partial charge in [-0.05, 0) is 29.8 Å². The lowest BCUT2D eigenvalue weighted by atomic mass is 10.1. The number of carbonyl (C=O) groups is 2. The Kier molecular flexibility index (Phi) is 6.34. The number of esters is 1. The van der Waals surface area contributed by atoms with Crippen LogP contribution in [0.4, 0.5) is 5.69 Å². The Morgan fingerprint density at radius 2 is 1.63 bits per heavy atom. The predicted octanol–water partition coefficient (Wildman–Crippen LogP) is 4.72. The molecule has 3 aromatic carbocycles. The Morgan fingerprint density at radius 1 is 0.900 bits per heavy atom. The molecule has 0 amide bonds. The van der Waals surface area contributed by atoms with E-state index >= 15 is 0 Å². The molecule has 0 N–H and O–H groups in total. The van der Waals surface area contributed by atoms with Gasteiger partial charge in [-0.3, -0.25) is 14.9 Å². The third-order valence-electron chi connectivity index (χ3n) is 4.17. The summed E-state index contributed by atoms with van der Waals surface area (Å²) < 4.78 is 10.6. The van der Waals surface area contributed by atoms with Gasteiger partial charge < -0.3 is 9.47 Å². The molecule has 0 fully saturated rings. The Labute approximate surface area is 172 Å². The zero-order valence-corrected chi connectivity index (χ0v) is 16.0. The molecule has 0 aliphatic heterocycles. The molecule has 150 valence electrons. The fraction of sp³-hybridized carbons (Fsp3) is 0.0435. The summed E-state index contributed by atoms with van der Waals surface area (Å²) in [5, 5.41) is 10.9. The summed E-state index contributed by atoms with van der Waals surface area (Å²) in [4.78, 5) is 34.8. The van der Waals surface area contributed by atoms with E-state index in [2.05, 4.69) is 0 Å². The first-order chi connectivity index (χ1) is 14.5. The van der Waals surface area contributed by atoms with Gasteiger partial charge in [0.05, 0.1) is 17.6 Å². The number of non-ortho nitro benzene ring substituents is 1. The van der Waals surface area contributed by atoms with Crippen molar-refractivity contribution < 1.29 is 24.0 Å². The highest BCUT2D eigenvalue weighted by Gasteiger charge is 2.16. The monoisotopic (exact) mass is 403 g/mol. The van der Waals surface area contributed by atoms with Crippen molar-refractivity contribution in [2.24, 2.45) is 0 Å². The van der Waals surface area contributed by atoms with Crippen molar-refractivity contribution in [1.29, 1.82) is 0 Å². The number of ketones is 1. The van der Waals surface area contributed by atoms with Gasteiger partial charge >= 0.3 is 5.97 Å². The maximum absolute atomic E-state index is 12.4. The van der Waals surface area contributed by atoms with Crippen LogP contribution in [0.5, 0.6) is 11.5 Å². The Bertz CT molecular complexity index is 1120. The topological polar surface area (TPSA) is 95.7 Å². The quantitative estimate of drug-likeness (QED) is 0.141. The van der Waals surface area contributed by atoms with Crippen molar-refractivity contribution in [2.45, 2.75) is 0 Å². The molecule has 0 radical (unpaired) electrons. The molecular formula is C23H17NO6. The highest BCUT2D eigenvalue weighted by Crippen LogP contribution is 2.29. The molecule has 7 nitrogen and oxygen atoms in total. The van der Waals surface area contributed by atoms with Crippen molar-refractivity contribution in [2.75, 3.05) is 7.11 Å². The molecule has 30 heavy (non-hydrogen) atoms. The summed E-state index contributed by atoms with van der Waals surface area (Å²) in [6.07, 6.45) is 3.07. The number of rotatable bonds is 7. The van der Waals surface area contributed by atoms with E-state index in [1.165, 1.54) is 37.5 Å². The van der Waals surface area contributed by atoms with E-state index in [9.17, 15) is 19.7 Å². The Morgan fingerprint density at radius 3 is 2.33 bits per heavy atom. The third-order valence-corrected chi connectivity index (χ3v) is 4.17. The number of nitro groups is 1. The molecule has 0 aliphatic rings. The number of carbonyl (C=O) groups excluding carboxylic acids is 2. The highest BCUT2D eigenvalue weighted by atomic mass is 16.6. The van der Waals surface area contributed by atoms with Crippen LogP contribution in [-0.2, 0) is 0 Å². The molecule has 0 heterocycles. The van der Waals surface area contributed by atoms with Crippen LogP contribution in [0.1, 0.15) is 26.3 Å². The smallest absolute Gasteiger partial charge is 0.343 e. The van der Waals surface area contributed by atoms with E-state index in [1.807, 2.05) is 6.07 Å².